The second-order valence-electron chi connectivity index (χ2n) is 4.46. The van der Waals surface area contributed by atoms with Gasteiger partial charge in [-0.2, -0.15) is 0 Å². The minimum absolute atomic E-state index is 0.0181. The second-order valence-corrected chi connectivity index (χ2v) is 4.46. The molecule has 0 aromatic heterocycles. The van der Waals surface area contributed by atoms with Gasteiger partial charge in [-0.05, 0) is 45.9 Å². The molecule has 0 saturated carbocycles. The predicted octanol–water partition coefficient (Wildman–Crippen LogP) is 3.53. The van der Waals surface area contributed by atoms with Crippen molar-refractivity contribution in [1.82, 2.24) is 0 Å². The van der Waals surface area contributed by atoms with Gasteiger partial charge in [0, 0.05) is 5.70 Å². The van der Waals surface area contributed by atoms with Gasteiger partial charge < -0.3 is 10.5 Å². The van der Waals surface area contributed by atoms with Crippen LogP contribution in [0.1, 0.15) is 27.7 Å². The largest absolute Gasteiger partial charge is 0.411 e. The van der Waals surface area contributed by atoms with Gasteiger partial charge in [0.15, 0.2) is 5.78 Å². The van der Waals surface area contributed by atoms with E-state index in [0.717, 1.165) is 11.4 Å². The molecule has 0 atom stereocenters. The fourth-order valence-electron chi connectivity index (χ4n) is 1.56. The lowest BCUT2D eigenvalue weighted by Gasteiger charge is -2.10. The normalized spacial score (nSPS) is 13.3. The number of anilines is 1. The first kappa shape index (κ1) is 15.6. The third kappa shape index (κ3) is 4.68. The molecule has 20 heavy (non-hydrogen) atoms. The van der Waals surface area contributed by atoms with Gasteiger partial charge in [-0.3, -0.25) is 4.79 Å². The highest BCUT2D eigenvalue weighted by Gasteiger charge is 2.03. The highest BCUT2D eigenvalue weighted by molar-refractivity contribution is 6.40. The number of hydrogen-bond donors (Lipinski definition) is 2. The van der Waals surface area contributed by atoms with Crippen molar-refractivity contribution in [3.63, 3.8) is 0 Å². The summed E-state index contributed by atoms with van der Waals surface area (Å²) in [6, 6.07) is 7.46. The third-order valence-electron chi connectivity index (χ3n) is 2.62. The number of para-hydroxylation sites is 2. The van der Waals surface area contributed by atoms with E-state index in [2.05, 4.69) is 15.5 Å². The first-order chi connectivity index (χ1) is 9.43. The maximum atomic E-state index is 11.0. The van der Waals surface area contributed by atoms with E-state index in [-0.39, 0.29) is 5.78 Å². The van der Waals surface area contributed by atoms with E-state index in [1.165, 1.54) is 13.0 Å². The van der Waals surface area contributed by atoms with Gasteiger partial charge >= 0.3 is 0 Å². The van der Waals surface area contributed by atoms with Crippen LogP contribution in [0.2, 0.25) is 0 Å². The molecule has 0 fully saturated rings. The minimum Gasteiger partial charge on any atom is -0.411 e. The molecule has 5 heteroatoms. The molecule has 0 spiro atoms. The Morgan fingerprint density at radius 1 is 1.15 bits per heavy atom. The Labute approximate surface area is 118 Å². The standard InChI is InChI=1S/C15H19N3O2/c1-10(9-11(2)19)16-14-7-5-6-8-15(14)17-12(3)13(4)18-20/h5-9,16,20H,1-4H3/b10-9+,17-12?,18-13+. The monoisotopic (exact) mass is 273 g/mol. The number of hydrogen-bond acceptors (Lipinski definition) is 5. The topological polar surface area (TPSA) is 74.0 Å². The van der Waals surface area contributed by atoms with E-state index in [0.29, 0.717) is 17.1 Å². The smallest absolute Gasteiger partial charge is 0.154 e. The molecule has 0 bridgehead atoms. The summed E-state index contributed by atoms with van der Waals surface area (Å²) in [5.74, 6) is -0.0181. The zero-order valence-electron chi connectivity index (χ0n) is 12.1. The summed E-state index contributed by atoms with van der Waals surface area (Å²) < 4.78 is 0. The highest BCUT2D eigenvalue weighted by atomic mass is 16.4. The molecule has 0 aliphatic carbocycles. The van der Waals surface area contributed by atoms with E-state index in [4.69, 9.17) is 5.21 Å². The van der Waals surface area contributed by atoms with Gasteiger partial charge in [0.1, 0.15) is 0 Å². The molecule has 5 nitrogen and oxygen atoms in total. The van der Waals surface area contributed by atoms with Crippen LogP contribution in [0.4, 0.5) is 11.4 Å². The Bertz CT molecular complexity index is 587. The Hall–Kier alpha value is -2.43. The summed E-state index contributed by atoms with van der Waals surface area (Å²) in [4.78, 5) is 15.5. The van der Waals surface area contributed by atoms with Crippen molar-refractivity contribution in [2.45, 2.75) is 27.7 Å². The second kappa shape index (κ2) is 7.23. The minimum atomic E-state index is -0.0181. The molecule has 1 aromatic carbocycles. The van der Waals surface area contributed by atoms with Crippen molar-refractivity contribution in [1.29, 1.82) is 0 Å². The number of nitrogens with zero attached hydrogens (tertiary/aromatic N) is 2. The SMILES string of the molecule is CC(=O)/C=C(\C)Nc1ccccc1N=C(C)/C(C)=N/O. The highest BCUT2D eigenvalue weighted by Crippen LogP contribution is 2.25. The summed E-state index contributed by atoms with van der Waals surface area (Å²) in [5, 5.41) is 15.0. The molecule has 0 unspecified atom stereocenters. The number of benzene rings is 1. The first-order valence-corrected chi connectivity index (χ1v) is 6.23. The molecule has 0 radical (unpaired) electrons. The summed E-state index contributed by atoms with van der Waals surface area (Å²) in [6.07, 6.45) is 1.52. The van der Waals surface area contributed by atoms with Crippen LogP contribution in [0, 0.1) is 0 Å². The van der Waals surface area contributed by atoms with Gasteiger partial charge in [0.05, 0.1) is 22.8 Å². The molecule has 0 aliphatic rings. The predicted molar refractivity (Wildman–Crippen MR) is 82.2 cm³/mol. The first-order valence-electron chi connectivity index (χ1n) is 6.23. The number of nitrogens with one attached hydrogen (secondary N) is 1. The fraction of sp³-hybridized carbons (Fsp3) is 0.267. The average molecular weight is 273 g/mol. The van der Waals surface area contributed by atoms with E-state index >= 15 is 0 Å². The lowest BCUT2D eigenvalue weighted by molar-refractivity contribution is -0.112. The summed E-state index contributed by atoms with van der Waals surface area (Å²) >= 11 is 0. The quantitative estimate of drug-likeness (QED) is 0.373. The van der Waals surface area contributed by atoms with Crippen molar-refractivity contribution in [2.75, 3.05) is 5.32 Å². The Kier molecular flexibility index (Phi) is 5.65. The summed E-state index contributed by atoms with van der Waals surface area (Å²) in [7, 11) is 0. The van der Waals surface area contributed by atoms with Gasteiger partial charge in [-0.15, -0.1) is 0 Å². The lowest BCUT2D eigenvalue weighted by Crippen LogP contribution is -2.05. The maximum absolute atomic E-state index is 11.0. The van der Waals surface area contributed by atoms with Crippen LogP contribution in [0.3, 0.4) is 0 Å². The molecule has 1 rings (SSSR count). The number of carbonyl (C=O) groups is 1. The van der Waals surface area contributed by atoms with Gasteiger partial charge in [-0.1, -0.05) is 17.3 Å². The van der Waals surface area contributed by atoms with Gasteiger partial charge in [0.2, 0.25) is 0 Å². The zero-order valence-corrected chi connectivity index (χ0v) is 12.1. The molecular weight excluding hydrogens is 254 g/mol. The van der Waals surface area contributed by atoms with Crippen LogP contribution in [0.25, 0.3) is 0 Å². The van der Waals surface area contributed by atoms with Crippen LogP contribution in [-0.2, 0) is 4.79 Å². The van der Waals surface area contributed by atoms with Crippen molar-refractivity contribution < 1.29 is 10.0 Å². The molecule has 0 saturated heterocycles. The number of carbonyl (C=O) groups excluding carboxylic acids is 1. The maximum Gasteiger partial charge on any atom is 0.154 e. The molecule has 0 amide bonds. The number of rotatable bonds is 5. The van der Waals surface area contributed by atoms with E-state index in [9.17, 15) is 4.79 Å². The van der Waals surface area contributed by atoms with Crippen LogP contribution in [0.15, 0.2) is 46.2 Å². The summed E-state index contributed by atoms with van der Waals surface area (Å²) in [5.41, 5.74) is 3.31. The van der Waals surface area contributed by atoms with Crippen molar-refractivity contribution in [2.24, 2.45) is 10.1 Å². The van der Waals surface area contributed by atoms with Crippen LogP contribution < -0.4 is 5.32 Å². The summed E-state index contributed by atoms with van der Waals surface area (Å²) in [6.45, 7) is 6.76. The van der Waals surface area contributed by atoms with E-state index < -0.39 is 0 Å². The molecule has 2 N–H and O–H groups in total. The van der Waals surface area contributed by atoms with Crippen molar-refractivity contribution >= 4 is 28.6 Å². The zero-order chi connectivity index (χ0) is 15.1. The van der Waals surface area contributed by atoms with E-state index in [1.54, 1.807) is 13.8 Å². The molecule has 1 aromatic rings. The Morgan fingerprint density at radius 2 is 1.80 bits per heavy atom. The Balaban J connectivity index is 3.09. The van der Waals surface area contributed by atoms with Gasteiger partial charge in [0.25, 0.3) is 0 Å². The lowest BCUT2D eigenvalue weighted by atomic mass is 10.2. The van der Waals surface area contributed by atoms with Crippen LogP contribution >= 0.6 is 0 Å². The number of allylic oxidation sites excluding steroid dienone is 2. The number of ketones is 1. The van der Waals surface area contributed by atoms with E-state index in [1.807, 2.05) is 31.2 Å². The van der Waals surface area contributed by atoms with Crippen LogP contribution in [0.5, 0.6) is 0 Å². The third-order valence-corrected chi connectivity index (χ3v) is 2.62. The number of oxime groups is 1. The van der Waals surface area contributed by atoms with Crippen LogP contribution in [-0.4, -0.2) is 22.4 Å². The Morgan fingerprint density at radius 3 is 2.40 bits per heavy atom. The molecule has 0 heterocycles. The van der Waals surface area contributed by atoms with Crippen molar-refractivity contribution in [3.05, 3.63) is 36.0 Å². The fourth-order valence-corrected chi connectivity index (χ4v) is 1.56. The molecule has 106 valence electrons. The number of aliphatic imine (C=N–C) groups is 1. The molecule has 0 aliphatic heterocycles. The van der Waals surface area contributed by atoms with Crippen molar-refractivity contribution in [3.8, 4) is 0 Å². The molecular formula is C15H19N3O2. The van der Waals surface area contributed by atoms with Gasteiger partial charge in [-0.25, -0.2) is 4.99 Å². The average Bonchev–Trinajstić information content (AvgIpc) is 2.39.